The fraction of sp³-hybridized carbons (Fsp3) is 0.385. The predicted octanol–water partition coefficient (Wildman–Crippen LogP) is 3.23. The number of methoxy groups -OCH3 is 1. The van der Waals surface area contributed by atoms with Gasteiger partial charge in [-0.15, -0.1) is 0 Å². The second-order valence-corrected chi connectivity index (χ2v) is 8.47. The minimum absolute atomic E-state index is 0.189. The lowest BCUT2D eigenvalue weighted by molar-refractivity contribution is -0.138. The summed E-state index contributed by atoms with van der Waals surface area (Å²) < 4.78 is 5.46. The zero-order valence-electron chi connectivity index (χ0n) is 19.4. The summed E-state index contributed by atoms with van der Waals surface area (Å²) in [5.41, 5.74) is 4.84. The highest BCUT2D eigenvalue weighted by molar-refractivity contribution is 6.35. The summed E-state index contributed by atoms with van der Waals surface area (Å²) in [7, 11) is 1.60. The van der Waals surface area contributed by atoms with Gasteiger partial charge in [-0.05, 0) is 37.6 Å². The van der Waals surface area contributed by atoms with E-state index in [1.54, 1.807) is 7.11 Å². The quantitative estimate of drug-likeness (QED) is 0.655. The first kappa shape index (κ1) is 22.1. The number of hydrogen-bond donors (Lipinski definition) is 0. The Kier molecular flexibility index (Phi) is 6.33. The maximum absolute atomic E-state index is 13.7. The second-order valence-electron chi connectivity index (χ2n) is 8.47. The van der Waals surface area contributed by atoms with E-state index < -0.39 is 0 Å². The Morgan fingerprint density at radius 1 is 0.938 bits per heavy atom. The molecule has 0 unspecified atom stereocenters. The molecule has 4 rings (SSSR count). The van der Waals surface area contributed by atoms with Crippen LogP contribution in [0.15, 0.2) is 48.2 Å². The average Bonchev–Trinajstić information content (AvgIpc) is 3.04. The van der Waals surface area contributed by atoms with Crippen molar-refractivity contribution in [3.8, 4) is 5.75 Å². The number of ether oxygens (including phenoxy) is 1. The standard InChI is InChI=1S/C26H31N3O3/c1-5-27-12-14-28(15-13-27)24-23(21-11-10-18(2)16-19(21)3)25(30)29(26(24)31)17-20-8-6-7-9-22(20)32-4/h6-11,16H,5,12-15,17H2,1-4H3. The number of hydrogen-bond acceptors (Lipinski definition) is 5. The van der Waals surface area contributed by atoms with Gasteiger partial charge in [0.05, 0.1) is 19.2 Å². The molecule has 2 heterocycles. The Hall–Kier alpha value is -3.12. The highest BCUT2D eigenvalue weighted by atomic mass is 16.5. The number of rotatable bonds is 6. The van der Waals surface area contributed by atoms with E-state index in [4.69, 9.17) is 4.74 Å². The average molecular weight is 434 g/mol. The van der Waals surface area contributed by atoms with Crippen LogP contribution >= 0.6 is 0 Å². The zero-order valence-corrected chi connectivity index (χ0v) is 19.4. The predicted molar refractivity (Wildman–Crippen MR) is 125 cm³/mol. The fourth-order valence-electron chi connectivity index (χ4n) is 4.63. The molecule has 168 valence electrons. The number of piperazine rings is 1. The van der Waals surface area contributed by atoms with Crippen molar-refractivity contribution in [1.82, 2.24) is 14.7 Å². The maximum Gasteiger partial charge on any atom is 0.278 e. The SMILES string of the molecule is CCN1CCN(C2=C(c3ccc(C)cc3C)C(=O)N(Cc3ccccc3OC)C2=O)CC1. The normalized spacial score (nSPS) is 17.5. The van der Waals surface area contributed by atoms with E-state index in [1.165, 1.54) is 4.90 Å². The number of nitrogens with zero attached hydrogens (tertiary/aromatic N) is 3. The molecule has 0 aliphatic carbocycles. The van der Waals surface area contributed by atoms with E-state index >= 15 is 0 Å². The molecule has 0 N–H and O–H groups in total. The number of carbonyl (C=O) groups is 2. The first-order chi connectivity index (χ1) is 15.4. The Balaban J connectivity index is 1.75. The van der Waals surface area contributed by atoms with Crippen LogP contribution in [-0.2, 0) is 16.1 Å². The van der Waals surface area contributed by atoms with E-state index in [1.807, 2.05) is 50.2 Å². The highest BCUT2D eigenvalue weighted by Crippen LogP contribution is 2.35. The van der Waals surface area contributed by atoms with Crippen molar-refractivity contribution in [2.75, 3.05) is 39.8 Å². The number of amides is 2. The van der Waals surface area contributed by atoms with E-state index in [9.17, 15) is 9.59 Å². The smallest absolute Gasteiger partial charge is 0.278 e. The van der Waals surface area contributed by atoms with Crippen molar-refractivity contribution < 1.29 is 14.3 Å². The highest BCUT2D eigenvalue weighted by Gasteiger charge is 2.42. The summed E-state index contributed by atoms with van der Waals surface area (Å²) in [6, 6.07) is 13.6. The van der Waals surface area contributed by atoms with Gasteiger partial charge in [-0.2, -0.15) is 0 Å². The summed E-state index contributed by atoms with van der Waals surface area (Å²) in [5.74, 6) is 0.216. The van der Waals surface area contributed by atoms with Gasteiger partial charge in [-0.3, -0.25) is 14.5 Å². The molecule has 0 aromatic heterocycles. The minimum atomic E-state index is -0.235. The summed E-state index contributed by atoms with van der Waals surface area (Å²) in [5, 5.41) is 0. The molecule has 6 heteroatoms. The largest absolute Gasteiger partial charge is 0.496 e. The van der Waals surface area contributed by atoms with E-state index in [0.717, 1.165) is 55.0 Å². The van der Waals surface area contributed by atoms with Crippen molar-refractivity contribution >= 4 is 17.4 Å². The number of aryl methyl sites for hydroxylation is 2. The van der Waals surface area contributed by atoms with Gasteiger partial charge in [0.2, 0.25) is 0 Å². The lowest BCUT2D eigenvalue weighted by atomic mass is 9.97. The van der Waals surface area contributed by atoms with Crippen LogP contribution in [0.1, 0.15) is 29.2 Å². The molecule has 1 fully saturated rings. The van der Waals surface area contributed by atoms with Gasteiger partial charge >= 0.3 is 0 Å². The number of carbonyl (C=O) groups excluding carboxylic acids is 2. The Labute approximate surface area is 190 Å². The number of para-hydroxylation sites is 1. The second kappa shape index (κ2) is 9.17. The first-order valence-corrected chi connectivity index (χ1v) is 11.2. The minimum Gasteiger partial charge on any atom is -0.496 e. The molecular formula is C26H31N3O3. The lowest BCUT2D eigenvalue weighted by Gasteiger charge is -2.36. The molecule has 2 amide bonds. The van der Waals surface area contributed by atoms with Crippen molar-refractivity contribution in [1.29, 1.82) is 0 Å². The van der Waals surface area contributed by atoms with Crippen LogP contribution in [0, 0.1) is 13.8 Å². The van der Waals surface area contributed by atoms with Crippen LogP contribution in [0.3, 0.4) is 0 Å². The van der Waals surface area contributed by atoms with Crippen molar-refractivity contribution in [3.05, 3.63) is 70.4 Å². The van der Waals surface area contributed by atoms with Crippen molar-refractivity contribution in [2.45, 2.75) is 27.3 Å². The van der Waals surface area contributed by atoms with Crippen LogP contribution in [0.2, 0.25) is 0 Å². The van der Waals surface area contributed by atoms with Crippen molar-refractivity contribution in [3.63, 3.8) is 0 Å². The molecule has 0 saturated carbocycles. The molecule has 0 bridgehead atoms. The van der Waals surface area contributed by atoms with Gasteiger partial charge in [-0.1, -0.05) is 48.9 Å². The third-order valence-corrected chi connectivity index (χ3v) is 6.45. The molecule has 1 saturated heterocycles. The molecule has 2 aliphatic rings. The third-order valence-electron chi connectivity index (χ3n) is 6.45. The van der Waals surface area contributed by atoms with E-state index in [2.05, 4.69) is 22.8 Å². The van der Waals surface area contributed by atoms with Crippen LogP contribution in [-0.4, -0.2) is 66.3 Å². The van der Waals surface area contributed by atoms with Crippen LogP contribution < -0.4 is 4.74 Å². The summed E-state index contributed by atoms with van der Waals surface area (Å²) >= 11 is 0. The van der Waals surface area contributed by atoms with Gasteiger partial charge in [0.1, 0.15) is 11.4 Å². The summed E-state index contributed by atoms with van der Waals surface area (Å²) in [4.78, 5) is 33.2. The van der Waals surface area contributed by atoms with Crippen LogP contribution in [0.4, 0.5) is 0 Å². The maximum atomic E-state index is 13.7. The number of imide groups is 1. The van der Waals surface area contributed by atoms with Crippen molar-refractivity contribution in [2.24, 2.45) is 0 Å². The molecule has 0 radical (unpaired) electrons. The molecule has 0 spiro atoms. The fourth-order valence-corrected chi connectivity index (χ4v) is 4.63. The van der Waals surface area contributed by atoms with Gasteiger partial charge < -0.3 is 14.5 Å². The Morgan fingerprint density at radius 2 is 1.66 bits per heavy atom. The monoisotopic (exact) mass is 433 g/mol. The lowest BCUT2D eigenvalue weighted by Crippen LogP contribution is -2.47. The number of benzene rings is 2. The molecular weight excluding hydrogens is 402 g/mol. The molecule has 32 heavy (non-hydrogen) atoms. The molecule has 2 aromatic carbocycles. The Morgan fingerprint density at radius 3 is 2.31 bits per heavy atom. The van der Waals surface area contributed by atoms with E-state index in [-0.39, 0.29) is 18.4 Å². The van der Waals surface area contributed by atoms with Gasteiger partial charge in [-0.25, -0.2) is 0 Å². The zero-order chi connectivity index (χ0) is 22.8. The number of likely N-dealkylation sites (N-methyl/N-ethyl adjacent to an activating group) is 1. The topological polar surface area (TPSA) is 53.1 Å². The molecule has 2 aliphatic heterocycles. The van der Waals surface area contributed by atoms with Gasteiger partial charge in [0.25, 0.3) is 11.8 Å². The molecule has 0 atom stereocenters. The molecule has 6 nitrogen and oxygen atoms in total. The van der Waals surface area contributed by atoms with Gasteiger partial charge in [0, 0.05) is 31.7 Å². The van der Waals surface area contributed by atoms with Crippen LogP contribution in [0.5, 0.6) is 5.75 Å². The summed E-state index contributed by atoms with van der Waals surface area (Å²) in [6.07, 6.45) is 0. The molecule has 2 aromatic rings. The first-order valence-electron chi connectivity index (χ1n) is 11.2. The Bertz CT molecular complexity index is 1070. The van der Waals surface area contributed by atoms with Crippen LogP contribution in [0.25, 0.3) is 5.57 Å². The van der Waals surface area contributed by atoms with Gasteiger partial charge in [0.15, 0.2) is 0 Å². The third kappa shape index (κ3) is 4.02. The van der Waals surface area contributed by atoms with E-state index in [0.29, 0.717) is 17.0 Å². The summed E-state index contributed by atoms with van der Waals surface area (Å²) in [6.45, 7) is 10.6.